The fraction of sp³-hybridized carbons (Fsp3) is 0.250. The molecule has 1 heterocycles. The first-order chi connectivity index (χ1) is 6.61. The summed E-state index contributed by atoms with van der Waals surface area (Å²) < 4.78 is 29.4. The van der Waals surface area contributed by atoms with Gasteiger partial charge >= 0.3 is 0 Å². The Kier molecular flexibility index (Phi) is 3.20. The Morgan fingerprint density at radius 1 is 1.64 bits per heavy atom. The van der Waals surface area contributed by atoms with Crippen LogP contribution in [-0.4, -0.2) is 12.1 Å². The predicted molar refractivity (Wildman–Crippen MR) is 45.5 cm³/mol. The second-order valence-corrected chi connectivity index (χ2v) is 2.70. The minimum Gasteiger partial charge on any atom is -0.480 e. The normalized spacial score (nSPS) is 10.0. The van der Waals surface area contributed by atoms with Crippen molar-refractivity contribution >= 4 is 11.6 Å². The predicted octanol–water partition coefficient (Wildman–Crippen LogP) is 2.55. The smallest absolute Gasteiger partial charge is 0.266 e. The SMILES string of the molecule is COc1ncc(C(F)F)c(C#N)c1Cl. The molecule has 0 aromatic carbocycles. The number of alkyl halides is 2. The van der Waals surface area contributed by atoms with Gasteiger partial charge < -0.3 is 4.74 Å². The summed E-state index contributed by atoms with van der Waals surface area (Å²) in [5, 5.41) is 8.43. The van der Waals surface area contributed by atoms with Crippen LogP contribution in [0.15, 0.2) is 6.20 Å². The highest BCUT2D eigenvalue weighted by Gasteiger charge is 2.19. The standard InChI is InChI=1S/C8H5ClF2N2O/c1-14-8-6(9)4(2-12)5(3-13-8)7(10)11/h3,7H,1H3. The van der Waals surface area contributed by atoms with E-state index in [1.54, 1.807) is 6.07 Å². The van der Waals surface area contributed by atoms with Gasteiger partial charge in [-0.2, -0.15) is 5.26 Å². The number of aromatic nitrogens is 1. The van der Waals surface area contributed by atoms with Crippen LogP contribution in [0, 0.1) is 11.3 Å². The first-order valence-corrected chi connectivity index (χ1v) is 3.90. The van der Waals surface area contributed by atoms with Crippen molar-refractivity contribution in [3.63, 3.8) is 0 Å². The van der Waals surface area contributed by atoms with Crippen LogP contribution in [0.25, 0.3) is 0 Å². The molecule has 1 rings (SSSR count). The van der Waals surface area contributed by atoms with Crippen molar-refractivity contribution in [3.8, 4) is 11.9 Å². The molecule has 14 heavy (non-hydrogen) atoms. The largest absolute Gasteiger partial charge is 0.480 e. The Morgan fingerprint density at radius 2 is 2.29 bits per heavy atom. The van der Waals surface area contributed by atoms with E-state index in [-0.39, 0.29) is 16.5 Å². The van der Waals surface area contributed by atoms with Gasteiger partial charge in [0.15, 0.2) is 0 Å². The van der Waals surface area contributed by atoms with Gasteiger partial charge in [0, 0.05) is 6.20 Å². The molecule has 0 amide bonds. The Labute approximate surface area is 83.9 Å². The Bertz CT molecular complexity index is 390. The minimum atomic E-state index is -2.78. The number of hydrogen-bond donors (Lipinski definition) is 0. The number of halogens is 3. The molecule has 0 saturated carbocycles. The third kappa shape index (κ3) is 1.75. The van der Waals surface area contributed by atoms with Gasteiger partial charge in [0.25, 0.3) is 6.43 Å². The zero-order chi connectivity index (χ0) is 10.7. The van der Waals surface area contributed by atoms with E-state index in [0.29, 0.717) is 0 Å². The van der Waals surface area contributed by atoms with Gasteiger partial charge in [0.2, 0.25) is 5.88 Å². The molecule has 6 heteroatoms. The van der Waals surface area contributed by atoms with E-state index >= 15 is 0 Å². The first-order valence-electron chi connectivity index (χ1n) is 3.52. The van der Waals surface area contributed by atoms with Gasteiger partial charge in [0.05, 0.1) is 18.2 Å². The lowest BCUT2D eigenvalue weighted by Gasteiger charge is -2.06. The molecule has 1 aromatic rings. The van der Waals surface area contributed by atoms with Crippen LogP contribution >= 0.6 is 11.6 Å². The maximum absolute atomic E-state index is 12.3. The van der Waals surface area contributed by atoms with Crippen LogP contribution in [0.2, 0.25) is 5.02 Å². The van der Waals surface area contributed by atoms with Crippen LogP contribution in [0.5, 0.6) is 5.88 Å². The Balaban J connectivity index is 3.38. The number of ether oxygens (including phenoxy) is 1. The van der Waals surface area contributed by atoms with E-state index in [9.17, 15) is 8.78 Å². The third-order valence-corrected chi connectivity index (χ3v) is 1.91. The summed E-state index contributed by atoms with van der Waals surface area (Å²) in [4.78, 5) is 3.54. The maximum Gasteiger partial charge on any atom is 0.266 e. The highest BCUT2D eigenvalue weighted by atomic mass is 35.5. The van der Waals surface area contributed by atoms with E-state index in [4.69, 9.17) is 16.9 Å². The highest BCUT2D eigenvalue weighted by molar-refractivity contribution is 6.33. The molecule has 0 radical (unpaired) electrons. The number of nitrogens with zero attached hydrogens (tertiary/aromatic N) is 2. The van der Waals surface area contributed by atoms with E-state index in [1.807, 2.05) is 0 Å². The lowest BCUT2D eigenvalue weighted by Crippen LogP contribution is -1.97. The van der Waals surface area contributed by atoms with Crippen molar-refractivity contribution in [3.05, 3.63) is 22.3 Å². The van der Waals surface area contributed by atoms with Crippen LogP contribution in [0.3, 0.4) is 0 Å². The maximum atomic E-state index is 12.3. The number of rotatable bonds is 2. The minimum absolute atomic E-state index is 0.0346. The second-order valence-electron chi connectivity index (χ2n) is 2.32. The molecule has 0 fully saturated rings. The molecule has 0 spiro atoms. The summed E-state index contributed by atoms with van der Waals surface area (Å²) in [6, 6.07) is 1.59. The van der Waals surface area contributed by atoms with Gasteiger partial charge in [-0.1, -0.05) is 11.6 Å². The molecule has 0 aliphatic rings. The van der Waals surface area contributed by atoms with E-state index in [2.05, 4.69) is 9.72 Å². The molecular formula is C8H5ClF2N2O. The van der Waals surface area contributed by atoms with E-state index in [1.165, 1.54) is 7.11 Å². The Morgan fingerprint density at radius 3 is 2.71 bits per heavy atom. The average Bonchev–Trinajstić information content (AvgIpc) is 2.17. The average molecular weight is 219 g/mol. The fourth-order valence-electron chi connectivity index (χ4n) is 0.904. The first kappa shape index (κ1) is 10.7. The van der Waals surface area contributed by atoms with Crippen LogP contribution in [0.4, 0.5) is 8.78 Å². The van der Waals surface area contributed by atoms with Gasteiger partial charge in [0.1, 0.15) is 11.1 Å². The molecule has 0 unspecified atom stereocenters. The zero-order valence-corrected chi connectivity index (χ0v) is 7.85. The van der Waals surface area contributed by atoms with Crippen LogP contribution in [0.1, 0.15) is 17.6 Å². The van der Waals surface area contributed by atoms with Gasteiger partial charge in [-0.15, -0.1) is 0 Å². The highest BCUT2D eigenvalue weighted by Crippen LogP contribution is 2.32. The van der Waals surface area contributed by atoms with E-state index in [0.717, 1.165) is 6.20 Å². The van der Waals surface area contributed by atoms with Crippen molar-refractivity contribution < 1.29 is 13.5 Å². The third-order valence-electron chi connectivity index (χ3n) is 1.56. The number of hydrogen-bond acceptors (Lipinski definition) is 3. The summed E-state index contributed by atoms with van der Waals surface area (Å²) in [5.74, 6) is -0.0346. The van der Waals surface area contributed by atoms with Crippen molar-refractivity contribution in [2.45, 2.75) is 6.43 Å². The molecule has 3 nitrogen and oxygen atoms in total. The summed E-state index contributed by atoms with van der Waals surface area (Å²) in [7, 11) is 1.29. The molecule has 0 saturated heterocycles. The van der Waals surface area contributed by atoms with Crippen LogP contribution in [-0.2, 0) is 0 Å². The molecule has 0 aliphatic carbocycles. The Hall–Kier alpha value is -1.41. The molecule has 0 N–H and O–H groups in total. The summed E-state index contributed by atoms with van der Waals surface area (Å²) in [6.45, 7) is 0. The number of nitriles is 1. The monoisotopic (exact) mass is 218 g/mol. The lowest BCUT2D eigenvalue weighted by molar-refractivity contribution is 0.150. The van der Waals surface area contributed by atoms with Crippen molar-refractivity contribution in [1.29, 1.82) is 5.26 Å². The summed E-state index contributed by atoms with van der Waals surface area (Å²) >= 11 is 5.61. The molecule has 0 aliphatic heterocycles. The number of pyridine rings is 1. The summed E-state index contributed by atoms with van der Waals surface area (Å²) in [5.41, 5.74) is -0.785. The zero-order valence-electron chi connectivity index (χ0n) is 7.09. The number of methoxy groups -OCH3 is 1. The van der Waals surface area contributed by atoms with E-state index < -0.39 is 12.0 Å². The summed E-state index contributed by atoms with van der Waals surface area (Å²) in [6.07, 6.45) is -1.89. The van der Waals surface area contributed by atoms with Crippen molar-refractivity contribution in [1.82, 2.24) is 4.98 Å². The molecule has 1 aromatic heterocycles. The molecule has 0 bridgehead atoms. The molecule has 0 atom stereocenters. The lowest BCUT2D eigenvalue weighted by atomic mass is 10.1. The van der Waals surface area contributed by atoms with Gasteiger partial charge in [-0.05, 0) is 0 Å². The van der Waals surface area contributed by atoms with Gasteiger partial charge in [-0.25, -0.2) is 13.8 Å². The van der Waals surface area contributed by atoms with Crippen molar-refractivity contribution in [2.75, 3.05) is 7.11 Å². The molecule has 74 valence electrons. The van der Waals surface area contributed by atoms with Crippen LogP contribution < -0.4 is 4.74 Å². The molecular weight excluding hydrogens is 214 g/mol. The van der Waals surface area contributed by atoms with Crippen molar-refractivity contribution in [2.24, 2.45) is 0 Å². The van der Waals surface area contributed by atoms with Gasteiger partial charge in [-0.3, -0.25) is 0 Å². The topological polar surface area (TPSA) is 45.9 Å². The second kappa shape index (κ2) is 4.20. The fourth-order valence-corrected chi connectivity index (χ4v) is 1.18. The quantitative estimate of drug-likeness (QED) is 0.766.